The molecule has 2 atom stereocenters. The third kappa shape index (κ3) is 4.68. The number of hydrogen-bond acceptors (Lipinski definition) is 13. The molecule has 0 aliphatic carbocycles. The highest BCUT2D eigenvalue weighted by molar-refractivity contribution is 8.01. The van der Waals surface area contributed by atoms with E-state index in [9.17, 15) is 19.5 Å². The zero-order valence-corrected chi connectivity index (χ0v) is 20.4. The van der Waals surface area contributed by atoms with Crippen molar-refractivity contribution < 1.29 is 24.3 Å². The van der Waals surface area contributed by atoms with Gasteiger partial charge in [0, 0.05) is 16.9 Å². The number of thiazole rings is 1. The van der Waals surface area contributed by atoms with E-state index in [0.29, 0.717) is 22.9 Å². The first-order valence-corrected chi connectivity index (χ1v) is 13.0. The minimum absolute atomic E-state index is 0.0546. The van der Waals surface area contributed by atoms with E-state index in [-0.39, 0.29) is 22.2 Å². The number of aromatic nitrogens is 3. The standard InChI is InChI=1S/C17H17N7O5S4/c1-6-19-17(33-23-6)32-4-7-3-30-14-10(13(26)24(14)11(7)15(27)28)21-12(25)9(22-29-2)8-5-31-16(18)20-8/h5,10,14H,3-4H2,1-2H3,(H2,18,20)(H,21,25)(H,27,28)/t10?,14-/m0/s1. The van der Waals surface area contributed by atoms with Gasteiger partial charge in [0.1, 0.15) is 35.7 Å². The lowest BCUT2D eigenvalue weighted by Gasteiger charge is -2.49. The van der Waals surface area contributed by atoms with Crippen LogP contribution in [0.4, 0.5) is 5.13 Å². The van der Waals surface area contributed by atoms with Crippen LogP contribution >= 0.6 is 46.4 Å². The second kappa shape index (κ2) is 9.66. The molecule has 2 aliphatic heterocycles. The summed E-state index contributed by atoms with van der Waals surface area (Å²) < 4.78 is 4.84. The quantitative estimate of drug-likeness (QED) is 0.191. The van der Waals surface area contributed by atoms with Gasteiger partial charge in [-0.15, -0.1) is 23.1 Å². The molecule has 33 heavy (non-hydrogen) atoms. The van der Waals surface area contributed by atoms with Crippen molar-refractivity contribution in [3.05, 3.63) is 28.2 Å². The van der Waals surface area contributed by atoms with Crippen molar-refractivity contribution in [3.8, 4) is 0 Å². The summed E-state index contributed by atoms with van der Waals surface area (Å²) in [7, 11) is 1.28. The SMILES string of the molecule is CON=C(C(=O)NC1C(=O)N2C(C(=O)O)=C(CSc3nc(C)ns3)CS[C@@H]12)c1csc(N)n1. The van der Waals surface area contributed by atoms with Gasteiger partial charge in [-0.2, -0.15) is 4.37 Å². The number of aliphatic carboxylic acids is 1. The van der Waals surface area contributed by atoms with Crippen molar-refractivity contribution in [1.82, 2.24) is 24.6 Å². The van der Waals surface area contributed by atoms with Gasteiger partial charge in [-0.1, -0.05) is 16.9 Å². The highest BCUT2D eigenvalue weighted by Gasteiger charge is 2.54. The first-order chi connectivity index (χ1) is 15.8. The molecule has 0 radical (unpaired) electrons. The van der Waals surface area contributed by atoms with E-state index in [1.807, 2.05) is 0 Å². The first kappa shape index (κ1) is 23.5. The van der Waals surface area contributed by atoms with E-state index in [2.05, 4.69) is 24.8 Å². The van der Waals surface area contributed by atoms with Crippen LogP contribution in [-0.4, -0.2) is 77.9 Å². The van der Waals surface area contributed by atoms with Crippen molar-refractivity contribution in [1.29, 1.82) is 0 Å². The molecule has 1 fully saturated rings. The molecular weight excluding hydrogens is 510 g/mol. The third-order valence-electron chi connectivity index (χ3n) is 4.58. The summed E-state index contributed by atoms with van der Waals surface area (Å²) in [5, 5.41) is 17.4. The molecule has 0 saturated carbocycles. The Bertz CT molecular complexity index is 1180. The fourth-order valence-electron chi connectivity index (χ4n) is 3.18. The molecule has 0 spiro atoms. The van der Waals surface area contributed by atoms with Gasteiger partial charge in [0.15, 0.2) is 15.2 Å². The monoisotopic (exact) mass is 527 g/mol. The Labute approximate surface area is 203 Å². The molecule has 2 aromatic heterocycles. The van der Waals surface area contributed by atoms with E-state index in [4.69, 9.17) is 10.6 Å². The van der Waals surface area contributed by atoms with Crippen LogP contribution in [0.25, 0.3) is 0 Å². The van der Waals surface area contributed by atoms with Crippen molar-refractivity contribution in [2.45, 2.75) is 22.7 Å². The fraction of sp³-hybridized carbons (Fsp3) is 0.353. The van der Waals surface area contributed by atoms with Gasteiger partial charge in [0.25, 0.3) is 11.8 Å². The number of carboxylic acids is 1. The summed E-state index contributed by atoms with van der Waals surface area (Å²) in [4.78, 5) is 51.9. The number of nitrogens with zero attached hydrogens (tertiary/aromatic N) is 5. The highest BCUT2D eigenvalue weighted by Crippen LogP contribution is 2.41. The van der Waals surface area contributed by atoms with E-state index in [1.165, 1.54) is 47.1 Å². The van der Waals surface area contributed by atoms with Gasteiger partial charge >= 0.3 is 5.97 Å². The van der Waals surface area contributed by atoms with Crippen molar-refractivity contribution in [2.24, 2.45) is 5.16 Å². The largest absolute Gasteiger partial charge is 0.477 e. The van der Waals surface area contributed by atoms with Crippen LogP contribution in [0.3, 0.4) is 0 Å². The Hall–Kier alpha value is -2.69. The second-order valence-electron chi connectivity index (χ2n) is 6.71. The van der Waals surface area contributed by atoms with Gasteiger partial charge in [-0.3, -0.25) is 14.5 Å². The van der Waals surface area contributed by atoms with Crippen LogP contribution < -0.4 is 11.1 Å². The molecular formula is C17H17N7O5S4. The average molecular weight is 528 g/mol. The number of nitrogens with two attached hydrogens (primary N) is 1. The summed E-state index contributed by atoms with van der Waals surface area (Å²) in [5.74, 6) is -0.957. The van der Waals surface area contributed by atoms with E-state index in [0.717, 1.165) is 15.7 Å². The zero-order valence-electron chi connectivity index (χ0n) is 17.2. The Balaban J connectivity index is 1.49. The lowest BCUT2D eigenvalue weighted by Crippen LogP contribution is -2.71. The van der Waals surface area contributed by atoms with Crippen molar-refractivity contribution in [2.75, 3.05) is 24.3 Å². The maximum absolute atomic E-state index is 12.9. The fourth-order valence-corrected chi connectivity index (χ4v) is 6.86. The summed E-state index contributed by atoms with van der Waals surface area (Å²) in [5.41, 5.74) is 6.27. The van der Waals surface area contributed by atoms with E-state index in [1.54, 1.807) is 12.3 Å². The topological polar surface area (TPSA) is 173 Å². The van der Waals surface area contributed by atoms with Crippen LogP contribution in [0, 0.1) is 6.92 Å². The maximum atomic E-state index is 12.9. The number of β-lactam (4-membered cyclic amide) rings is 1. The summed E-state index contributed by atoms with van der Waals surface area (Å²) in [6.07, 6.45) is 0. The molecule has 4 heterocycles. The van der Waals surface area contributed by atoms with Crippen LogP contribution in [0.2, 0.25) is 0 Å². The molecule has 0 bridgehead atoms. The van der Waals surface area contributed by atoms with Crippen LogP contribution in [-0.2, 0) is 19.2 Å². The molecule has 1 unspecified atom stereocenters. The number of anilines is 1. The predicted octanol–water partition coefficient (Wildman–Crippen LogP) is 0.767. The van der Waals surface area contributed by atoms with Crippen molar-refractivity contribution in [3.63, 3.8) is 0 Å². The lowest BCUT2D eigenvalue weighted by atomic mass is 10.0. The predicted molar refractivity (Wildman–Crippen MR) is 125 cm³/mol. The van der Waals surface area contributed by atoms with Gasteiger partial charge < -0.3 is 21.0 Å². The molecule has 4 N–H and O–H groups in total. The normalized spacial score (nSPS) is 20.4. The lowest BCUT2D eigenvalue weighted by molar-refractivity contribution is -0.150. The van der Waals surface area contributed by atoms with E-state index < -0.39 is 29.2 Å². The van der Waals surface area contributed by atoms with Gasteiger partial charge in [-0.25, -0.2) is 14.8 Å². The average Bonchev–Trinajstić information content (AvgIpc) is 3.40. The molecule has 174 valence electrons. The molecule has 16 heteroatoms. The first-order valence-electron chi connectivity index (χ1n) is 9.26. The number of carboxylic acid groups (broad SMARTS) is 1. The molecule has 4 rings (SSSR count). The molecule has 0 aromatic carbocycles. The van der Waals surface area contributed by atoms with Crippen LogP contribution in [0.15, 0.2) is 26.1 Å². The Kier molecular flexibility index (Phi) is 6.87. The maximum Gasteiger partial charge on any atom is 0.352 e. The van der Waals surface area contributed by atoms with Gasteiger partial charge in [0.05, 0.1) is 0 Å². The summed E-state index contributed by atoms with van der Waals surface area (Å²) >= 11 is 5.13. The van der Waals surface area contributed by atoms with Crippen LogP contribution in [0.1, 0.15) is 11.5 Å². The zero-order chi connectivity index (χ0) is 23.7. The number of oxime groups is 1. The Morgan fingerprint density at radius 3 is 2.85 bits per heavy atom. The smallest absolute Gasteiger partial charge is 0.352 e. The number of nitrogen functional groups attached to an aromatic ring is 1. The number of aryl methyl sites for hydroxylation is 1. The highest BCUT2D eigenvalue weighted by atomic mass is 32.2. The van der Waals surface area contributed by atoms with Crippen LogP contribution in [0.5, 0.6) is 0 Å². The van der Waals surface area contributed by atoms with E-state index >= 15 is 0 Å². The second-order valence-corrected chi connectivity index (χ2v) is 10.7. The number of amides is 2. The minimum Gasteiger partial charge on any atom is -0.477 e. The van der Waals surface area contributed by atoms with Crippen molar-refractivity contribution >= 4 is 75.0 Å². The Morgan fingerprint density at radius 2 is 2.24 bits per heavy atom. The van der Waals surface area contributed by atoms with Gasteiger partial charge in [0.2, 0.25) is 0 Å². The molecule has 2 aromatic rings. The molecule has 2 amide bonds. The number of rotatable bonds is 8. The minimum atomic E-state index is -1.19. The molecule has 12 nitrogen and oxygen atoms in total. The third-order valence-corrected chi connectivity index (χ3v) is 8.60. The Morgan fingerprint density at radius 1 is 1.45 bits per heavy atom. The molecule has 1 saturated heterocycles. The number of fused-ring (bicyclic) bond motifs is 1. The number of carbonyl (C=O) groups excluding carboxylic acids is 2. The number of thioether (sulfide) groups is 2. The number of nitrogens with one attached hydrogen (secondary N) is 1. The number of hydrogen-bond donors (Lipinski definition) is 3. The molecule has 2 aliphatic rings. The summed E-state index contributed by atoms with van der Waals surface area (Å²) in [6, 6.07) is -0.907. The summed E-state index contributed by atoms with van der Waals surface area (Å²) in [6.45, 7) is 1.78. The van der Waals surface area contributed by atoms with Gasteiger partial charge in [-0.05, 0) is 24.0 Å². The number of carbonyl (C=O) groups is 3.